The molecule has 4 rings (SSSR count). The summed E-state index contributed by atoms with van der Waals surface area (Å²) in [5, 5.41) is 2.29. The summed E-state index contributed by atoms with van der Waals surface area (Å²) in [7, 11) is 0. The van der Waals surface area contributed by atoms with Crippen LogP contribution in [0.3, 0.4) is 0 Å². The van der Waals surface area contributed by atoms with E-state index < -0.39 is 0 Å². The van der Waals surface area contributed by atoms with E-state index in [2.05, 4.69) is 18.2 Å². The van der Waals surface area contributed by atoms with Gasteiger partial charge in [0.25, 0.3) is 0 Å². The van der Waals surface area contributed by atoms with Gasteiger partial charge in [-0.25, -0.2) is 4.79 Å². The lowest BCUT2D eigenvalue weighted by Gasteiger charge is -2.14. The Kier molecular flexibility index (Phi) is 2.58. The molecule has 0 spiro atoms. The first-order valence-electron chi connectivity index (χ1n) is 7.04. The van der Waals surface area contributed by atoms with Crippen LogP contribution in [0.2, 0.25) is 0 Å². The van der Waals surface area contributed by atoms with Crippen LogP contribution in [0.4, 0.5) is 0 Å². The standard InChI is InChI=1S/C19H14O2/c1-12-6-4-11-16-17(12)19(20)21-18(16)15-10-5-8-13-7-2-3-9-14(13)15/h2-11,18H,1H3. The molecule has 1 aliphatic heterocycles. The van der Waals surface area contributed by atoms with Crippen LogP contribution in [0, 0.1) is 6.92 Å². The minimum atomic E-state index is -0.307. The van der Waals surface area contributed by atoms with Gasteiger partial charge >= 0.3 is 5.97 Å². The van der Waals surface area contributed by atoms with Gasteiger partial charge in [-0.1, -0.05) is 60.7 Å². The predicted octanol–water partition coefficient (Wildman–Crippen LogP) is 4.41. The van der Waals surface area contributed by atoms with E-state index in [9.17, 15) is 4.79 Å². The summed E-state index contributed by atoms with van der Waals surface area (Å²) < 4.78 is 5.67. The van der Waals surface area contributed by atoms with Crippen LogP contribution in [-0.2, 0) is 4.74 Å². The highest BCUT2D eigenvalue weighted by Crippen LogP contribution is 2.39. The highest BCUT2D eigenvalue weighted by Gasteiger charge is 2.33. The van der Waals surface area contributed by atoms with Crippen molar-refractivity contribution in [1.82, 2.24) is 0 Å². The lowest BCUT2D eigenvalue weighted by atomic mass is 9.93. The Morgan fingerprint density at radius 1 is 0.857 bits per heavy atom. The molecule has 1 aliphatic rings. The maximum Gasteiger partial charge on any atom is 0.339 e. The van der Waals surface area contributed by atoms with Crippen LogP contribution in [0.25, 0.3) is 10.8 Å². The van der Waals surface area contributed by atoms with Gasteiger partial charge in [-0.15, -0.1) is 0 Å². The number of cyclic esters (lactones) is 1. The molecule has 2 heteroatoms. The zero-order valence-electron chi connectivity index (χ0n) is 11.7. The molecule has 1 heterocycles. The molecule has 2 nitrogen and oxygen atoms in total. The molecule has 0 aliphatic carbocycles. The molecule has 3 aromatic carbocycles. The number of aryl methyl sites for hydroxylation is 1. The summed E-state index contributed by atoms with van der Waals surface area (Å²) in [4.78, 5) is 12.2. The number of carbonyl (C=O) groups excluding carboxylic acids is 1. The molecule has 102 valence electrons. The van der Waals surface area contributed by atoms with E-state index in [-0.39, 0.29) is 12.1 Å². The van der Waals surface area contributed by atoms with E-state index >= 15 is 0 Å². The number of rotatable bonds is 1. The SMILES string of the molecule is Cc1cccc2c1C(=O)OC2c1cccc2ccccc12. The summed E-state index contributed by atoms with van der Waals surface area (Å²) in [5.41, 5.74) is 3.71. The van der Waals surface area contributed by atoms with Crippen LogP contribution in [0.15, 0.2) is 60.7 Å². The van der Waals surface area contributed by atoms with Gasteiger partial charge in [0.05, 0.1) is 5.56 Å². The van der Waals surface area contributed by atoms with Crippen LogP contribution in [0.5, 0.6) is 0 Å². The van der Waals surface area contributed by atoms with E-state index in [0.29, 0.717) is 0 Å². The maximum atomic E-state index is 12.2. The number of hydrogen-bond donors (Lipinski definition) is 0. The van der Waals surface area contributed by atoms with Crippen molar-refractivity contribution in [2.24, 2.45) is 0 Å². The molecule has 0 fully saturated rings. The molecule has 1 atom stereocenters. The van der Waals surface area contributed by atoms with Crippen LogP contribution >= 0.6 is 0 Å². The molecular weight excluding hydrogens is 260 g/mol. The highest BCUT2D eigenvalue weighted by molar-refractivity contribution is 5.97. The van der Waals surface area contributed by atoms with Crippen molar-refractivity contribution >= 4 is 16.7 Å². The van der Waals surface area contributed by atoms with E-state index in [0.717, 1.165) is 33.0 Å². The van der Waals surface area contributed by atoms with Gasteiger partial charge in [0.2, 0.25) is 0 Å². The summed E-state index contributed by atoms with van der Waals surface area (Å²) in [5.74, 6) is -0.221. The summed E-state index contributed by atoms with van der Waals surface area (Å²) in [6, 6.07) is 20.2. The number of hydrogen-bond acceptors (Lipinski definition) is 2. The van der Waals surface area contributed by atoms with Crippen molar-refractivity contribution in [2.75, 3.05) is 0 Å². The molecule has 0 saturated heterocycles. The summed E-state index contributed by atoms with van der Waals surface area (Å²) in [6.07, 6.45) is -0.307. The van der Waals surface area contributed by atoms with Crippen molar-refractivity contribution in [3.63, 3.8) is 0 Å². The fourth-order valence-corrected chi connectivity index (χ4v) is 3.13. The summed E-state index contributed by atoms with van der Waals surface area (Å²) in [6.45, 7) is 1.95. The quantitative estimate of drug-likeness (QED) is 0.614. The molecule has 0 saturated carbocycles. The molecule has 0 radical (unpaired) electrons. The van der Waals surface area contributed by atoms with E-state index in [1.807, 2.05) is 49.4 Å². The lowest BCUT2D eigenvalue weighted by Crippen LogP contribution is -2.01. The first-order chi connectivity index (χ1) is 10.3. The Hall–Kier alpha value is -2.61. The fourth-order valence-electron chi connectivity index (χ4n) is 3.13. The second-order valence-electron chi connectivity index (χ2n) is 5.39. The minimum Gasteiger partial charge on any atom is -0.449 e. The second kappa shape index (κ2) is 4.45. The van der Waals surface area contributed by atoms with E-state index in [1.165, 1.54) is 0 Å². The monoisotopic (exact) mass is 274 g/mol. The Balaban J connectivity index is 1.96. The van der Waals surface area contributed by atoms with Crippen molar-refractivity contribution in [1.29, 1.82) is 0 Å². The number of carbonyl (C=O) groups is 1. The molecule has 1 unspecified atom stereocenters. The normalized spacial score (nSPS) is 16.8. The lowest BCUT2D eigenvalue weighted by molar-refractivity contribution is 0.0457. The zero-order valence-corrected chi connectivity index (χ0v) is 11.7. The van der Waals surface area contributed by atoms with Crippen molar-refractivity contribution < 1.29 is 9.53 Å². The van der Waals surface area contributed by atoms with Crippen LogP contribution < -0.4 is 0 Å². The molecular formula is C19H14O2. The molecule has 0 aromatic heterocycles. The minimum absolute atomic E-state index is 0.221. The van der Waals surface area contributed by atoms with Gasteiger partial charge in [-0.2, -0.15) is 0 Å². The van der Waals surface area contributed by atoms with Crippen molar-refractivity contribution in [2.45, 2.75) is 13.0 Å². The predicted molar refractivity (Wildman–Crippen MR) is 82.4 cm³/mol. The summed E-state index contributed by atoms with van der Waals surface area (Å²) >= 11 is 0. The average Bonchev–Trinajstić information content (AvgIpc) is 2.85. The van der Waals surface area contributed by atoms with Crippen LogP contribution in [-0.4, -0.2) is 5.97 Å². The number of fused-ring (bicyclic) bond motifs is 2. The van der Waals surface area contributed by atoms with Crippen molar-refractivity contribution in [3.8, 4) is 0 Å². The molecule has 0 N–H and O–H groups in total. The Morgan fingerprint density at radius 2 is 1.57 bits per heavy atom. The molecule has 21 heavy (non-hydrogen) atoms. The number of ether oxygens (including phenoxy) is 1. The number of esters is 1. The highest BCUT2D eigenvalue weighted by atomic mass is 16.5. The van der Waals surface area contributed by atoms with Crippen LogP contribution in [0.1, 0.15) is 33.2 Å². The molecule has 0 bridgehead atoms. The second-order valence-corrected chi connectivity index (χ2v) is 5.39. The third kappa shape index (κ3) is 1.76. The third-order valence-electron chi connectivity index (χ3n) is 4.12. The van der Waals surface area contributed by atoms with Crippen molar-refractivity contribution in [3.05, 3.63) is 82.9 Å². The third-order valence-corrected chi connectivity index (χ3v) is 4.12. The van der Waals surface area contributed by atoms with E-state index in [1.54, 1.807) is 0 Å². The smallest absolute Gasteiger partial charge is 0.339 e. The first-order valence-corrected chi connectivity index (χ1v) is 7.04. The topological polar surface area (TPSA) is 26.3 Å². The van der Waals surface area contributed by atoms with E-state index in [4.69, 9.17) is 4.74 Å². The maximum absolute atomic E-state index is 12.2. The zero-order chi connectivity index (χ0) is 14.4. The van der Waals surface area contributed by atoms with Gasteiger partial charge in [-0.3, -0.25) is 0 Å². The fraction of sp³-hybridized carbons (Fsp3) is 0.105. The molecule has 0 amide bonds. The Morgan fingerprint density at radius 3 is 2.48 bits per heavy atom. The average molecular weight is 274 g/mol. The van der Waals surface area contributed by atoms with Gasteiger partial charge in [-0.05, 0) is 23.3 Å². The van der Waals surface area contributed by atoms with Gasteiger partial charge in [0.15, 0.2) is 6.10 Å². The first kappa shape index (κ1) is 12.2. The van der Waals surface area contributed by atoms with Gasteiger partial charge in [0.1, 0.15) is 0 Å². The Labute approximate surface area is 123 Å². The van der Waals surface area contributed by atoms with Gasteiger partial charge < -0.3 is 4.74 Å². The number of benzene rings is 3. The Bertz CT molecular complexity index is 859. The molecule has 3 aromatic rings. The van der Waals surface area contributed by atoms with Gasteiger partial charge in [0, 0.05) is 11.1 Å². The largest absolute Gasteiger partial charge is 0.449 e.